The molecule has 3 unspecified atom stereocenters. The van der Waals surface area contributed by atoms with Crippen LogP contribution in [0.3, 0.4) is 0 Å². The van der Waals surface area contributed by atoms with Gasteiger partial charge in [-0.1, -0.05) is 55.3 Å². The van der Waals surface area contributed by atoms with Crippen LogP contribution in [0.15, 0.2) is 59.7 Å². The van der Waals surface area contributed by atoms with Gasteiger partial charge in [-0.15, -0.1) is 15.7 Å². The number of hydrogen-bond donors (Lipinski definition) is 1. The van der Waals surface area contributed by atoms with Gasteiger partial charge in [-0.3, -0.25) is 24.9 Å². The van der Waals surface area contributed by atoms with E-state index in [2.05, 4.69) is 72.2 Å². The Hall–Kier alpha value is -5.34. The second-order valence-electron chi connectivity index (χ2n) is 20.1. The second kappa shape index (κ2) is 19.0. The number of piperidine rings is 4. The maximum absolute atomic E-state index is 15.1. The number of aliphatic imine (C=N–C) groups is 1. The summed E-state index contributed by atoms with van der Waals surface area (Å²) in [5.41, 5.74) is 6.81. The number of carbonyl (C=O) groups excluding carboxylic acids is 2. The molecular weight excluding hydrogens is 859 g/mol. The van der Waals surface area contributed by atoms with E-state index in [4.69, 9.17) is 26.1 Å². The Morgan fingerprint density at radius 1 is 1.01 bits per heavy atom. The number of rotatable bonds is 11. The van der Waals surface area contributed by atoms with Gasteiger partial charge in [-0.05, 0) is 131 Å². The maximum Gasteiger partial charge on any atom is 0.318 e. The van der Waals surface area contributed by atoms with Crippen LogP contribution >= 0.6 is 9.24 Å². The molecule has 5 aromatic rings. The summed E-state index contributed by atoms with van der Waals surface area (Å²) < 4.78 is 21.7. The number of aromatic nitrogens is 3. The number of aryl methyl sites for hydroxylation is 1. The lowest BCUT2D eigenvalue weighted by Crippen LogP contribution is -2.48. The number of halogens is 1. The molecule has 1 N–H and O–H groups in total. The standard InChI is InChI=1S/C54H62FN8O3P/c1-5-39-44(55)15-12-36-9-6-10-41(46(36)39)48-50(67)49-43(29-57-48)51(63-23-7-8-33(2)30-63)60-53(59-49)66-32-54(21-22-54)31-61-24-19-38(20-25-61)62-26-17-35(18-27-62)37-11-13-40(34(3)28-37)47(56-4)42-14-16-45(64)58-52(42)65/h1,6,9-13,15,28-29,33,35,38,42H,7-8,14,16-27,30-32,67H2,2-4H3,(H,58,64,65). The van der Waals surface area contributed by atoms with Crippen molar-refractivity contribution < 1.29 is 18.7 Å². The van der Waals surface area contributed by atoms with E-state index in [9.17, 15) is 9.59 Å². The molecule has 3 atom stereocenters. The van der Waals surface area contributed by atoms with Crippen LogP contribution in [0.25, 0.3) is 32.9 Å². The predicted octanol–water partition coefficient (Wildman–Crippen LogP) is 7.99. The lowest BCUT2D eigenvalue weighted by Gasteiger charge is -2.42. The first-order valence-electron chi connectivity index (χ1n) is 24.4. The summed E-state index contributed by atoms with van der Waals surface area (Å²) in [7, 11) is 4.61. The highest BCUT2D eigenvalue weighted by molar-refractivity contribution is 7.28. The van der Waals surface area contributed by atoms with Gasteiger partial charge >= 0.3 is 6.01 Å². The van der Waals surface area contributed by atoms with Gasteiger partial charge in [0.15, 0.2) is 0 Å². The predicted molar refractivity (Wildman–Crippen MR) is 268 cm³/mol. The number of terminal acetylenes is 1. The minimum absolute atomic E-state index is 0.0917. The number of likely N-dealkylation sites (tertiary alicyclic amines) is 2. The Balaban J connectivity index is 0.782. The van der Waals surface area contributed by atoms with E-state index in [-0.39, 0.29) is 22.8 Å². The number of nitrogens with zero attached hydrogens (tertiary/aromatic N) is 7. The normalized spacial score (nSPS) is 22.3. The molecule has 4 aliphatic heterocycles. The zero-order valence-corrected chi connectivity index (χ0v) is 40.3. The minimum Gasteiger partial charge on any atom is -0.463 e. The summed E-state index contributed by atoms with van der Waals surface area (Å²) >= 11 is 0. The number of anilines is 1. The lowest BCUT2D eigenvalue weighted by molar-refractivity contribution is -0.134. The molecule has 10 rings (SSSR count). The van der Waals surface area contributed by atoms with Crippen molar-refractivity contribution in [2.45, 2.75) is 90.0 Å². The van der Waals surface area contributed by atoms with E-state index in [0.29, 0.717) is 54.4 Å². The highest BCUT2D eigenvalue weighted by Crippen LogP contribution is 2.47. The van der Waals surface area contributed by atoms with Crippen LogP contribution in [-0.4, -0.2) is 108 Å². The Labute approximate surface area is 396 Å². The third kappa shape index (κ3) is 9.20. The molecule has 0 spiro atoms. The first-order valence-corrected chi connectivity index (χ1v) is 25.0. The van der Waals surface area contributed by atoms with Gasteiger partial charge in [0.2, 0.25) is 11.8 Å². The smallest absolute Gasteiger partial charge is 0.318 e. The number of benzene rings is 3. The molecule has 13 heteroatoms. The monoisotopic (exact) mass is 920 g/mol. The molecule has 5 fully saturated rings. The van der Waals surface area contributed by atoms with E-state index in [1.54, 1.807) is 13.1 Å². The van der Waals surface area contributed by atoms with Gasteiger partial charge in [-0.25, -0.2) is 4.39 Å². The van der Waals surface area contributed by atoms with Crippen molar-refractivity contribution in [3.8, 4) is 29.6 Å². The number of fused-ring (bicyclic) bond motifs is 2. The Bertz CT molecular complexity index is 2810. The second-order valence-corrected chi connectivity index (χ2v) is 20.6. The summed E-state index contributed by atoms with van der Waals surface area (Å²) in [5.74, 6) is 3.24. The summed E-state index contributed by atoms with van der Waals surface area (Å²) in [5, 5.41) is 5.70. The third-order valence-electron chi connectivity index (χ3n) is 15.5. The van der Waals surface area contributed by atoms with Crippen molar-refractivity contribution in [2.24, 2.45) is 22.2 Å². The number of pyridine rings is 1. The van der Waals surface area contributed by atoms with Gasteiger partial charge < -0.3 is 19.4 Å². The Kier molecular flexibility index (Phi) is 12.9. The lowest BCUT2D eigenvalue weighted by atomic mass is 9.83. The molecule has 348 valence electrons. The number of imide groups is 1. The number of hydrogen-bond acceptors (Lipinski definition) is 10. The van der Waals surface area contributed by atoms with Crippen molar-refractivity contribution >= 4 is 59.6 Å². The maximum atomic E-state index is 15.1. The molecule has 11 nitrogen and oxygen atoms in total. The van der Waals surface area contributed by atoms with Crippen LogP contribution in [0, 0.1) is 42.3 Å². The van der Waals surface area contributed by atoms with Crippen LogP contribution < -0.4 is 20.3 Å². The quantitative estimate of drug-likeness (QED) is 0.0610. The highest BCUT2D eigenvalue weighted by atomic mass is 31.0. The van der Waals surface area contributed by atoms with Crippen LogP contribution in [0.5, 0.6) is 6.01 Å². The summed E-state index contributed by atoms with van der Waals surface area (Å²) in [6.07, 6.45) is 17.8. The third-order valence-corrected chi connectivity index (χ3v) is 16.1. The zero-order valence-electron chi connectivity index (χ0n) is 39.1. The van der Waals surface area contributed by atoms with E-state index in [1.165, 1.54) is 30.9 Å². The van der Waals surface area contributed by atoms with Gasteiger partial charge in [0.25, 0.3) is 0 Å². The average molecular weight is 921 g/mol. The number of carbonyl (C=O) groups is 2. The molecule has 1 aliphatic carbocycles. The molecule has 2 amide bonds. The van der Waals surface area contributed by atoms with Gasteiger partial charge in [-0.2, -0.15) is 9.97 Å². The Morgan fingerprint density at radius 3 is 2.54 bits per heavy atom. The van der Waals surface area contributed by atoms with Crippen LogP contribution in [-0.2, 0) is 9.59 Å². The van der Waals surface area contributed by atoms with E-state index in [0.717, 1.165) is 128 Å². The Morgan fingerprint density at radius 2 is 1.82 bits per heavy atom. The molecule has 67 heavy (non-hydrogen) atoms. The average Bonchev–Trinajstić information content (AvgIpc) is 4.11. The topological polar surface area (TPSA) is 116 Å². The fourth-order valence-corrected chi connectivity index (χ4v) is 12.0. The van der Waals surface area contributed by atoms with Crippen molar-refractivity contribution in [3.63, 3.8) is 0 Å². The van der Waals surface area contributed by atoms with Gasteiger partial charge in [0, 0.05) is 67.0 Å². The summed E-state index contributed by atoms with van der Waals surface area (Å²) in [4.78, 5) is 51.9. The molecular formula is C54H62FN8O3P. The van der Waals surface area contributed by atoms with E-state index >= 15 is 4.39 Å². The van der Waals surface area contributed by atoms with Crippen molar-refractivity contribution in [2.75, 3.05) is 64.4 Å². The van der Waals surface area contributed by atoms with Gasteiger partial charge in [0.1, 0.15) is 11.6 Å². The van der Waals surface area contributed by atoms with Crippen molar-refractivity contribution in [1.29, 1.82) is 0 Å². The SMILES string of the molecule is C#Cc1c(F)ccc2cccc(-c3ncc4c(N5CCCC(C)C5)nc(OCC5(CN6CCC(N7CCC(c8ccc(C(=NC)C9CCC(=O)NC9=O)c(C)c8)CC7)CC6)CC5)nc4c3P)c12. The molecule has 0 bridgehead atoms. The molecule has 5 aliphatic rings. The van der Waals surface area contributed by atoms with Crippen molar-refractivity contribution in [1.82, 2.24) is 30.1 Å². The molecule has 6 heterocycles. The van der Waals surface area contributed by atoms with Crippen LogP contribution in [0.1, 0.15) is 99.3 Å². The zero-order chi connectivity index (χ0) is 46.4. The van der Waals surface area contributed by atoms with E-state index < -0.39 is 11.7 Å². The first kappa shape index (κ1) is 45.4. The molecule has 3 aromatic carbocycles. The molecule has 4 saturated heterocycles. The first-order chi connectivity index (χ1) is 32.5. The minimum atomic E-state index is -0.425. The molecule has 2 aromatic heterocycles. The fraction of sp³-hybridized carbons (Fsp3) is 0.481. The summed E-state index contributed by atoms with van der Waals surface area (Å²) in [6.45, 7) is 12.2. The molecule has 0 radical (unpaired) electrons. The van der Waals surface area contributed by atoms with Gasteiger partial charge in [0.05, 0.1) is 40.4 Å². The molecule has 1 saturated carbocycles. The highest BCUT2D eigenvalue weighted by Gasteiger charge is 2.46. The van der Waals surface area contributed by atoms with Crippen molar-refractivity contribution in [3.05, 3.63) is 82.8 Å². The van der Waals surface area contributed by atoms with Crippen LogP contribution in [0.4, 0.5) is 10.2 Å². The largest absolute Gasteiger partial charge is 0.463 e. The summed E-state index contributed by atoms with van der Waals surface area (Å²) in [6, 6.07) is 16.7. The number of amides is 2. The fourth-order valence-electron chi connectivity index (χ4n) is 11.6. The number of ether oxygens (including phenoxy) is 1. The van der Waals surface area contributed by atoms with Crippen LogP contribution in [0.2, 0.25) is 0 Å². The van der Waals surface area contributed by atoms with E-state index in [1.807, 2.05) is 24.4 Å². The number of nitrogens with one attached hydrogen (secondary N) is 1.